The summed E-state index contributed by atoms with van der Waals surface area (Å²) in [7, 11) is 0. The lowest BCUT2D eigenvalue weighted by molar-refractivity contribution is 0.530. The summed E-state index contributed by atoms with van der Waals surface area (Å²) in [5, 5.41) is 11.3. The lowest BCUT2D eigenvalue weighted by atomic mass is 10.2. The molecule has 0 unspecified atom stereocenters. The second-order valence-electron chi connectivity index (χ2n) is 2.88. The average Bonchev–Trinajstić information content (AvgIpc) is 2.90. The summed E-state index contributed by atoms with van der Waals surface area (Å²) in [4.78, 5) is 0.833. The number of rotatable bonds is 2. The second kappa shape index (κ2) is 4.88. The van der Waals surface area contributed by atoms with E-state index in [1.165, 1.54) is 11.3 Å². The normalized spacial score (nSPS) is 12.1. The lowest BCUT2D eigenvalue weighted by Gasteiger charge is -1.97. The highest BCUT2D eigenvalue weighted by Gasteiger charge is 2.13. The topological polar surface area (TPSA) is 36.9 Å². The fourth-order valence-electron chi connectivity index (χ4n) is 1.19. The van der Waals surface area contributed by atoms with Gasteiger partial charge in [-0.25, -0.2) is 0 Å². The fraction of sp³-hybridized carbons (Fsp3) is 0. The smallest absolute Gasteiger partial charge is 0.169 e. The largest absolute Gasteiger partial charge is 0.448 e. The van der Waals surface area contributed by atoms with E-state index in [9.17, 15) is 0 Å². The van der Waals surface area contributed by atoms with Gasteiger partial charge in [0.2, 0.25) is 0 Å². The molecule has 0 saturated heterocycles. The van der Waals surface area contributed by atoms with Crippen LogP contribution in [0.25, 0.3) is 10.6 Å². The van der Waals surface area contributed by atoms with Crippen molar-refractivity contribution in [1.29, 1.82) is 5.26 Å². The summed E-state index contributed by atoms with van der Waals surface area (Å²) in [6.45, 7) is 0. The van der Waals surface area contributed by atoms with Crippen LogP contribution < -0.4 is 0 Å². The van der Waals surface area contributed by atoms with Gasteiger partial charge in [0.05, 0.1) is 5.57 Å². The Kier molecular flexibility index (Phi) is 3.49. The van der Waals surface area contributed by atoms with Crippen molar-refractivity contribution >= 4 is 49.5 Å². The number of hydrogen-bond acceptors (Lipinski definition) is 3. The SMILES string of the molecule is N#CC(=C(Cl)c1ccc(Br)o1)c1cccs1. The van der Waals surface area contributed by atoms with Crippen LogP contribution in [0.5, 0.6) is 0 Å². The van der Waals surface area contributed by atoms with Crippen LogP contribution >= 0.6 is 38.9 Å². The third-order valence-corrected chi connectivity index (χ3v) is 3.58. The first-order valence-corrected chi connectivity index (χ1v) is 6.37. The number of thiophene rings is 1. The maximum Gasteiger partial charge on any atom is 0.169 e. The zero-order chi connectivity index (χ0) is 11.5. The van der Waals surface area contributed by atoms with Gasteiger partial charge in [0.15, 0.2) is 4.67 Å². The Morgan fingerprint density at radius 2 is 2.25 bits per heavy atom. The van der Waals surface area contributed by atoms with Crippen molar-refractivity contribution in [2.24, 2.45) is 0 Å². The fourth-order valence-corrected chi connectivity index (χ4v) is 2.52. The van der Waals surface area contributed by atoms with Crippen molar-refractivity contribution in [3.05, 3.63) is 45.0 Å². The van der Waals surface area contributed by atoms with Gasteiger partial charge in [-0.1, -0.05) is 17.7 Å². The van der Waals surface area contributed by atoms with Gasteiger partial charge in [0, 0.05) is 4.88 Å². The molecular formula is C11H5BrClNOS. The minimum atomic E-state index is 0.329. The summed E-state index contributed by atoms with van der Waals surface area (Å²) in [6.07, 6.45) is 0. The number of halogens is 2. The molecule has 0 aliphatic carbocycles. The van der Waals surface area contributed by atoms with Crippen LogP contribution in [0.3, 0.4) is 0 Å². The first-order chi connectivity index (χ1) is 7.72. The minimum Gasteiger partial charge on any atom is -0.448 e. The Morgan fingerprint density at radius 1 is 1.44 bits per heavy atom. The third kappa shape index (κ3) is 2.22. The molecule has 0 aliphatic heterocycles. The highest BCUT2D eigenvalue weighted by molar-refractivity contribution is 9.10. The van der Waals surface area contributed by atoms with Crippen molar-refractivity contribution < 1.29 is 4.42 Å². The summed E-state index contributed by atoms with van der Waals surface area (Å²) < 4.78 is 5.89. The van der Waals surface area contributed by atoms with Crippen molar-refractivity contribution in [1.82, 2.24) is 0 Å². The molecule has 0 N–H and O–H groups in total. The molecular weight excluding hydrogens is 310 g/mol. The Bertz CT molecular complexity index is 565. The standard InChI is InChI=1S/C11H5BrClNOS/c12-10-4-3-8(15-10)11(13)7(6-14)9-2-1-5-16-9/h1-5H. The predicted octanol–water partition coefficient (Wildman–Crippen LogP) is 4.73. The van der Waals surface area contributed by atoms with Gasteiger partial charge < -0.3 is 4.42 Å². The quantitative estimate of drug-likeness (QED) is 0.751. The summed E-state index contributed by atoms with van der Waals surface area (Å²) in [5.74, 6) is 0.485. The van der Waals surface area contributed by atoms with Crippen LogP contribution in [0.2, 0.25) is 0 Å². The molecule has 2 aromatic rings. The zero-order valence-electron chi connectivity index (χ0n) is 7.91. The molecule has 0 fully saturated rings. The number of nitriles is 1. The minimum absolute atomic E-state index is 0.329. The number of allylic oxidation sites excluding steroid dienone is 1. The maximum absolute atomic E-state index is 9.10. The van der Waals surface area contributed by atoms with Crippen molar-refractivity contribution in [2.75, 3.05) is 0 Å². The molecule has 0 amide bonds. The molecule has 5 heteroatoms. The van der Waals surface area contributed by atoms with E-state index in [1.54, 1.807) is 12.1 Å². The molecule has 80 valence electrons. The van der Waals surface area contributed by atoms with Gasteiger partial charge in [0.1, 0.15) is 16.9 Å². The molecule has 2 rings (SSSR count). The Labute approximate surface area is 110 Å². The lowest BCUT2D eigenvalue weighted by Crippen LogP contribution is -1.80. The molecule has 0 bridgehead atoms. The Hall–Kier alpha value is -1.02. The molecule has 2 nitrogen and oxygen atoms in total. The van der Waals surface area contributed by atoms with Crippen LogP contribution in [0.15, 0.2) is 38.7 Å². The molecule has 0 aliphatic rings. The van der Waals surface area contributed by atoms with E-state index in [-0.39, 0.29) is 0 Å². The van der Waals surface area contributed by atoms with Crippen molar-refractivity contribution in [3.63, 3.8) is 0 Å². The Morgan fingerprint density at radius 3 is 2.75 bits per heavy atom. The molecule has 0 spiro atoms. The van der Waals surface area contributed by atoms with E-state index in [1.807, 2.05) is 17.5 Å². The predicted molar refractivity (Wildman–Crippen MR) is 69.0 cm³/mol. The van der Waals surface area contributed by atoms with E-state index >= 15 is 0 Å². The molecule has 16 heavy (non-hydrogen) atoms. The van der Waals surface area contributed by atoms with E-state index in [4.69, 9.17) is 21.3 Å². The van der Waals surface area contributed by atoms with Crippen LogP contribution in [0, 0.1) is 11.3 Å². The molecule has 0 saturated carbocycles. The van der Waals surface area contributed by atoms with Gasteiger partial charge in [-0.15, -0.1) is 11.3 Å². The molecule has 2 aromatic heterocycles. The van der Waals surface area contributed by atoms with Gasteiger partial charge in [-0.05, 0) is 39.5 Å². The van der Waals surface area contributed by atoms with Crippen LogP contribution in [-0.2, 0) is 0 Å². The highest BCUT2D eigenvalue weighted by atomic mass is 79.9. The second-order valence-corrected chi connectivity index (χ2v) is 4.99. The van der Waals surface area contributed by atoms with Crippen LogP contribution in [0.1, 0.15) is 10.6 Å². The van der Waals surface area contributed by atoms with Crippen molar-refractivity contribution in [3.8, 4) is 6.07 Å². The molecule has 0 radical (unpaired) electrons. The number of hydrogen-bond donors (Lipinski definition) is 0. The first kappa shape index (κ1) is 11.5. The number of nitrogens with zero attached hydrogens (tertiary/aromatic N) is 1. The number of furan rings is 1. The average molecular weight is 315 g/mol. The van der Waals surface area contributed by atoms with Crippen molar-refractivity contribution in [2.45, 2.75) is 0 Å². The van der Waals surface area contributed by atoms with Gasteiger partial charge in [-0.3, -0.25) is 0 Å². The third-order valence-electron chi connectivity index (χ3n) is 1.89. The molecule has 2 heterocycles. The first-order valence-electron chi connectivity index (χ1n) is 4.32. The van der Waals surface area contributed by atoms with E-state index < -0.39 is 0 Å². The van der Waals surface area contributed by atoms with E-state index in [2.05, 4.69) is 22.0 Å². The molecule has 0 aromatic carbocycles. The Balaban J connectivity index is 2.51. The maximum atomic E-state index is 9.10. The molecule has 0 atom stereocenters. The van der Waals surface area contributed by atoms with E-state index in [0.29, 0.717) is 21.0 Å². The van der Waals surface area contributed by atoms with Gasteiger partial charge in [-0.2, -0.15) is 5.26 Å². The van der Waals surface area contributed by atoms with Gasteiger partial charge in [0.25, 0.3) is 0 Å². The van der Waals surface area contributed by atoms with Crippen LogP contribution in [-0.4, -0.2) is 0 Å². The summed E-state index contributed by atoms with van der Waals surface area (Å²) >= 11 is 10.8. The van der Waals surface area contributed by atoms with Gasteiger partial charge >= 0.3 is 0 Å². The monoisotopic (exact) mass is 313 g/mol. The highest BCUT2D eigenvalue weighted by Crippen LogP contribution is 2.33. The summed E-state index contributed by atoms with van der Waals surface area (Å²) in [5.41, 5.74) is 0.429. The van der Waals surface area contributed by atoms with E-state index in [0.717, 1.165) is 4.88 Å². The zero-order valence-corrected chi connectivity index (χ0v) is 11.1. The van der Waals surface area contributed by atoms with Crippen LogP contribution in [0.4, 0.5) is 0 Å². The summed E-state index contributed by atoms with van der Waals surface area (Å²) in [6, 6.07) is 9.28.